The minimum Gasteiger partial charge on any atom is -0.478 e. The molecule has 0 aliphatic rings. The fourth-order valence-corrected chi connectivity index (χ4v) is 3.26. The van der Waals surface area contributed by atoms with E-state index in [9.17, 15) is 14.7 Å². The third-order valence-corrected chi connectivity index (χ3v) is 4.73. The van der Waals surface area contributed by atoms with Crippen molar-refractivity contribution in [3.05, 3.63) is 82.4 Å². The van der Waals surface area contributed by atoms with Crippen LogP contribution in [-0.2, 0) is 13.0 Å². The number of carboxylic acid groups (broad SMARTS) is 1. The number of hydrogen-bond acceptors (Lipinski definition) is 3. The maximum Gasteiger partial charge on any atom is 0.336 e. The topological polar surface area (TPSA) is 84.2 Å². The van der Waals surface area contributed by atoms with E-state index in [1.807, 2.05) is 22.9 Å². The Hall–Kier alpha value is -3.12. The number of nitrogens with zero attached hydrogens (tertiary/aromatic N) is 2. The molecule has 2 aromatic carbocycles. The summed E-state index contributed by atoms with van der Waals surface area (Å²) in [7, 11) is 0. The van der Waals surface area contributed by atoms with E-state index >= 15 is 0 Å². The average Bonchev–Trinajstić information content (AvgIpc) is 3.06. The molecule has 1 heterocycles. The maximum absolute atomic E-state index is 12.5. The number of carbonyl (C=O) groups excluding carboxylic acids is 1. The third kappa shape index (κ3) is 5.23. The Balaban J connectivity index is 1.70. The van der Waals surface area contributed by atoms with Crippen LogP contribution in [0.3, 0.4) is 0 Å². The highest BCUT2D eigenvalue weighted by Crippen LogP contribution is 2.17. The van der Waals surface area contributed by atoms with Crippen LogP contribution in [0.4, 0.5) is 5.69 Å². The summed E-state index contributed by atoms with van der Waals surface area (Å²) >= 11 is 6.07. The summed E-state index contributed by atoms with van der Waals surface area (Å²) in [4.78, 5) is 28.1. The molecular formula is C22H22ClN3O3. The van der Waals surface area contributed by atoms with Crippen LogP contribution < -0.4 is 5.32 Å². The van der Waals surface area contributed by atoms with Gasteiger partial charge in [0, 0.05) is 24.8 Å². The van der Waals surface area contributed by atoms with Crippen molar-refractivity contribution < 1.29 is 14.7 Å². The van der Waals surface area contributed by atoms with Gasteiger partial charge in [-0.2, -0.15) is 0 Å². The molecule has 0 unspecified atom stereocenters. The number of benzene rings is 2. The number of aromatic carboxylic acids is 1. The molecule has 0 radical (unpaired) electrons. The third-order valence-electron chi connectivity index (χ3n) is 4.55. The molecule has 3 rings (SSSR count). The van der Waals surface area contributed by atoms with Gasteiger partial charge in [0.2, 0.25) is 0 Å². The highest BCUT2D eigenvalue weighted by atomic mass is 35.5. The number of aromatic nitrogens is 2. The normalized spacial score (nSPS) is 10.7. The Morgan fingerprint density at radius 2 is 1.79 bits per heavy atom. The molecule has 2 N–H and O–H groups in total. The molecule has 0 fully saturated rings. The minimum atomic E-state index is -1.14. The predicted octanol–water partition coefficient (Wildman–Crippen LogP) is 4.88. The van der Waals surface area contributed by atoms with E-state index in [2.05, 4.69) is 17.2 Å². The van der Waals surface area contributed by atoms with Crippen molar-refractivity contribution in [3.8, 4) is 0 Å². The Morgan fingerprint density at radius 3 is 2.45 bits per heavy atom. The van der Waals surface area contributed by atoms with Crippen molar-refractivity contribution in [3.63, 3.8) is 0 Å². The first kappa shape index (κ1) is 20.6. The average molecular weight is 412 g/mol. The lowest BCUT2D eigenvalue weighted by molar-refractivity contribution is 0.0692. The minimum absolute atomic E-state index is 0.0294. The summed E-state index contributed by atoms with van der Waals surface area (Å²) in [6.07, 6.45) is 4.84. The van der Waals surface area contributed by atoms with Crippen molar-refractivity contribution in [2.24, 2.45) is 0 Å². The van der Waals surface area contributed by atoms with Gasteiger partial charge in [-0.1, -0.05) is 49.2 Å². The second-order valence-electron chi connectivity index (χ2n) is 6.71. The Labute approximate surface area is 174 Å². The monoisotopic (exact) mass is 411 g/mol. The van der Waals surface area contributed by atoms with Crippen LogP contribution in [0.2, 0.25) is 5.15 Å². The number of imidazole rings is 1. The second-order valence-corrected chi connectivity index (χ2v) is 7.10. The Bertz CT molecular complexity index is 1010. The fourth-order valence-electron chi connectivity index (χ4n) is 3.05. The molecule has 0 atom stereocenters. The number of amides is 1. The quantitative estimate of drug-likeness (QED) is 0.553. The largest absolute Gasteiger partial charge is 0.478 e. The van der Waals surface area contributed by atoms with E-state index in [0.29, 0.717) is 17.4 Å². The fraction of sp³-hybridized carbons (Fsp3) is 0.227. The van der Waals surface area contributed by atoms with Gasteiger partial charge < -0.3 is 15.0 Å². The molecule has 1 aromatic heterocycles. The number of unbranched alkanes of at least 4 members (excludes halogenated alkanes) is 1. The number of aryl methyl sites for hydroxylation is 1. The molecule has 0 saturated heterocycles. The van der Waals surface area contributed by atoms with Gasteiger partial charge in [0.25, 0.3) is 5.91 Å². The number of halogens is 1. The lowest BCUT2D eigenvalue weighted by Crippen LogP contribution is -2.16. The van der Waals surface area contributed by atoms with Gasteiger partial charge in [0.05, 0.1) is 11.1 Å². The van der Waals surface area contributed by atoms with Gasteiger partial charge in [0.15, 0.2) is 0 Å². The smallest absolute Gasteiger partial charge is 0.336 e. The first-order chi connectivity index (χ1) is 14.0. The van der Waals surface area contributed by atoms with E-state index in [-0.39, 0.29) is 11.1 Å². The first-order valence-electron chi connectivity index (χ1n) is 9.42. The molecule has 7 heteroatoms. The number of hydrogen-bond donors (Lipinski definition) is 2. The molecule has 6 nitrogen and oxygen atoms in total. The Morgan fingerprint density at radius 1 is 1.10 bits per heavy atom. The summed E-state index contributed by atoms with van der Waals surface area (Å²) in [5, 5.41) is 12.5. The zero-order chi connectivity index (χ0) is 20.8. The van der Waals surface area contributed by atoms with Crippen LogP contribution in [0.5, 0.6) is 0 Å². The van der Waals surface area contributed by atoms with E-state index in [1.165, 1.54) is 12.1 Å². The van der Waals surface area contributed by atoms with E-state index in [4.69, 9.17) is 11.6 Å². The molecule has 0 aliphatic heterocycles. The number of anilines is 1. The number of carbonyl (C=O) groups is 2. The van der Waals surface area contributed by atoms with Crippen LogP contribution in [0, 0.1) is 0 Å². The summed E-state index contributed by atoms with van der Waals surface area (Å²) in [5.74, 6) is -0.637. The van der Waals surface area contributed by atoms with Gasteiger partial charge in [-0.15, -0.1) is 0 Å². The zero-order valence-corrected chi connectivity index (χ0v) is 16.8. The lowest BCUT2D eigenvalue weighted by atomic mass is 10.1. The van der Waals surface area contributed by atoms with Crippen molar-refractivity contribution in [2.75, 3.05) is 5.32 Å². The van der Waals surface area contributed by atoms with Crippen LogP contribution in [0.1, 0.15) is 51.9 Å². The Kier molecular flexibility index (Phi) is 6.67. The summed E-state index contributed by atoms with van der Waals surface area (Å²) in [5.41, 5.74) is 1.73. The standard InChI is InChI=1S/C22H22ClN3O3/c1-2-3-8-20-25-19(23)14-26(20)13-15-9-11-16(12-10-15)24-21(27)17-6-4-5-7-18(17)22(28)29/h4-7,9-12,14H,2-3,8,13H2,1H3,(H,24,27)(H,28,29). The molecular weight excluding hydrogens is 390 g/mol. The first-order valence-corrected chi connectivity index (χ1v) is 9.80. The van der Waals surface area contributed by atoms with Crippen molar-refractivity contribution in [2.45, 2.75) is 32.7 Å². The summed E-state index contributed by atoms with van der Waals surface area (Å²) in [6, 6.07) is 13.5. The highest BCUT2D eigenvalue weighted by Gasteiger charge is 2.16. The van der Waals surface area contributed by atoms with Gasteiger partial charge in [-0.25, -0.2) is 9.78 Å². The lowest BCUT2D eigenvalue weighted by Gasteiger charge is -2.10. The molecule has 3 aromatic rings. The molecule has 150 valence electrons. The highest BCUT2D eigenvalue weighted by molar-refractivity contribution is 6.29. The summed E-state index contributed by atoms with van der Waals surface area (Å²) < 4.78 is 2.04. The number of rotatable bonds is 8. The molecule has 0 saturated carbocycles. The molecule has 29 heavy (non-hydrogen) atoms. The number of nitrogens with one attached hydrogen (secondary N) is 1. The molecule has 1 amide bonds. The number of carboxylic acids is 1. The van der Waals surface area contributed by atoms with Crippen molar-refractivity contribution in [1.82, 2.24) is 9.55 Å². The van der Waals surface area contributed by atoms with Gasteiger partial charge in [-0.3, -0.25) is 4.79 Å². The van der Waals surface area contributed by atoms with E-state index in [0.717, 1.165) is 30.7 Å². The van der Waals surface area contributed by atoms with Gasteiger partial charge >= 0.3 is 5.97 Å². The molecule has 0 spiro atoms. The second kappa shape index (κ2) is 9.39. The van der Waals surface area contributed by atoms with E-state index in [1.54, 1.807) is 24.3 Å². The van der Waals surface area contributed by atoms with Crippen LogP contribution >= 0.6 is 11.6 Å². The maximum atomic E-state index is 12.5. The SMILES string of the molecule is CCCCc1nc(Cl)cn1Cc1ccc(NC(=O)c2ccccc2C(=O)O)cc1. The summed E-state index contributed by atoms with van der Waals surface area (Å²) in [6.45, 7) is 2.77. The molecule has 0 aliphatic carbocycles. The predicted molar refractivity (Wildman–Crippen MR) is 113 cm³/mol. The van der Waals surface area contributed by atoms with Crippen LogP contribution in [0.25, 0.3) is 0 Å². The van der Waals surface area contributed by atoms with Crippen LogP contribution in [0.15, 0.2) is 54.7 Å². The zero-order valence-electron chi connectivity index (χ0n) is 16.1. The van der Waals surface area contributed by atoms with Gasteiger partial charge in [-0.05, 0) is 36.2 Å². The van der Waals surface area contributed by atoms with Crippen molar-refractivity contribution >= 4 is 29.2 Å². The molecule has 0 bridgehead atoms. The van der Waals surface area contributed by atoms with Gasteiger partial charge in [0.1, 0.15) is 11.0 Å². The van der Waals surface area contributed by atoms with Crippen LogP contribution in [-0.4, -0.2) is 26.5 Å². The van der Waals surface area contributed by atoms with E-state index < -0.39 is 11.9 Å². The van der Waals surface area contributed by atoms with Crippen molar-refractivity contribution in [1.29, 1.82) is 0 Å².